The van der Waals surface area contributed by atoms with E-state index in [1.807, 2.05) is 12.1 Å². The number of nitrogen functional groups attached to an aromatic ring is 1. The molecule has 8 heteroatoms. The number of rotatable bonds is 4. The maximum Gasteiger partial charge on any atom is 0.261 e. The van der Waals surface area contributed by atoms with E-state index < -0.39 is 10.0 Å². The van der Waals surface area contributed by atoms with Crippen LogP contribution in [0.3, 0.4) is 0 Å². The Morgan fingerprint density at radius 1 is 1.11 bits per heavy atom. The second-order valence-corrected chi connectivity index (χ2v) is 8.24. The highest BCUT2D eigenvalue weighted by molar-refractivity contribution is 7.92. The summed E-state index contributed by atoms with van der Waals surface area (Å²) in [6, 6.07) is 13.8. The van der Waals surface area contributed by atoms with Crippen molar-refractivity contribution in [3.05, 3.63) is 65.9 Å². The van der Waals surface area contributed by atoms with E-state index in [0.717, 1.165) is 31.6 Å². The van der Waals surface area contributed by atoms with Gasteiger partial charge in [0.1, 0.15) is 0 Å². The lowest BCUT2D eigenvalue weighted by Crippen LogP contribution is -2.42. The monoisotopic (exact) mass is 406 g/mol. The maximum atomic E-state index is 12.6. The highest BCUT2D eigenvalue weighted by atomic mass is 35.5. The third-order valence-corrected chi connectivity index (χ3v) is 6.23. The molecule has 2 aliphatic heterocycles. The summed E-state index contributed by atoms with van der Waals surface area (Å²) in [5.74, 6) is 0. The maximum absolute atomic E-state index is 12.6. The molecule has 0 radical (unpaired) electrons. The van der Waals surface area contributed by atoms with E-state index in [1.54, 1.807) is 30.3 Å². The lowest BCUT2D eigenvalue weighted by Gasteiger charge is -2.35. The quantitative estimate of drug-likeness (QED) is 0.679. The standard InChI is InChI=1S/C19H22N4O2S.ClH/c20-17-13-15(26(24,25)22-14-5-2-1-3-6-14)8-9-16(17)19-18-7-4-11-23(18)12-10-21-19;/h1-3,5-9,13,19,21-22H,4,10-12,20H2;1H. The first-order valence-electron chi connectivity index (χ1n) is 8.70. The van der Waals surface area contributed by atoms with Crippen molar-refractivity contribution in [3.63, 3.8) is 0 Å². The third-order valence-electron chi connectivity index (χ3n) is 4.85. The van der Waals surface area contributed by atoms with Gasteiger partial charge in [-0.15, -0.1) is 12.4 Å². The summed E-state index contributed by atoms with van der Waals surface area (Å²) in [5.41, 5.74) is 9.41. The Morgan fingerprint density at radius 3 is 2.63 bits per heavy atom. The number of halogens is 1. The topological polar surface area (TPSA) is 87.5 Å². The number of hydrogen-bond acceptors (Lipinski definition) is 5. The van der Waals surface area contributed by atoms with Crippen molar-refractivity contribution in [2.75, 3.05) is 30.1 Å². The smallest absolute Gasteiger partial charge is 0.261 e. The second kappa shape index (κ2) is 7.80. The molecule has 2 heterocycles. The summed E-state index contributed by atoms with van der Waals surface area (Å²) in [6.07, 6.45) is 3.28. The number of benzene rings is 2. The Morgan fingerprint density at radius 2 is 1.89 bits per heavy atom. The van der Waals surface area contributed by atoms with Gasteiger partial charge in [0.15, 0.2) is 0 Å². The molecule has 144 valence electrons. The van der Waals surface area contributed by atoms with Crippen molar-refractivity contribution in [2.24, 2.45) is 0 Å². The van der Waals surface area contributed by atoms with Gasteiger partial charge in [-0.2, -0.15) is 0 Å². The van der Waals surface area contributed by atoms with Crippen molar-refractivity contribution in [2.45, 2.75) is 17.4 Å². The summed E-state index contributed by atoms with van der Waals surface area (Å²) >= 11 is 0. The molecule has 0 aromatic heterocycles. The minimum absolute atomic E-state index is 0. The van der Waals surface area contributed by atoms with E-state index >= 15 is 0 Å². The number of para-hydroxylation sites is 1. The van der Waals surface area contributed by atoms with Crippen LogP contribution in [0.4, 0.5) is 11.4 Å². The first-order valence-corrected chi connectivity index (χ1v) is 10.2. The fourth-order valence-corrected chi connectivity index (χ4v) is 4.68. The Kier molecular flexibility index (Phi) is 5.64. The van der Waals surface area contributed by atoms with Crippen LogP contribution in [-0.4, -0.2) is 33.0 Å². The lowest BCUT2D eigenvalue weighted by molar-refractivity contribution is 0.290. The second-order valence-electron chi connectivity index (χ2n) is 6.55. The van der Waals surface area contributed by atoms with E-state index in [4.69, 9.17) is 5.73 Å². The van der Waals surface area contributed by atoms with Crippen LogP contribution in [0.15, 0.2) is 65.2 Å². The molecule has 27 heavy (non-hydrogen) atoms. The number of hydrogen-bond donors (Lipinski definition) is 3. The van der Waals surface area contributed by atoms with Gasteiger partial charge in [0.25, 0.3) is 10.0 Å². The Balaban J connectivity index is 0.00000210. The summed E-state index contributed by atoms with van der Waals surface area (Å²) in [6.45, 7) is 2.92. The Labute approximate surface area is 165 Å². The van der Waals surface area contributed by atoms with Gasteiger partial charge in [-0.1, -0.05) is 30.3 Å². The van der Waals surface area contributed by atoms with E-state index in [-0.39, 0.29) is 23.3 Å². The zero-order valence-corrected chi connectivity index (χ0v) is 16.4. The SMILES string of the molecule is Cl.Nc1cc(S(=O)(=O)Nc2ccccc2)ccc1C1NCCN2CCC=C12. The van der Waals surface area contributed by atoms with Crippen LogP contribution in [0.2, 0.25) is 0 Å². The molecule has 2 aromatic rings. The van der Waals surface area contributed by atoms with Crippen LogP contribution in [0.5, 0.6) is 0 Å². The predicted molar refractivity (Wildman–Crippen MR) is 110 cm³/mol. The zero-order valence-electron chi connectivity index (χ0n) is 14.8. The molecular weight excluding hydrogens is 384 g/mol. The molecule has 2 aromatic carbocycles. The van der Waals surface area contributed by atoms with Crippen molar-refractivity contribution < 1.29 is 8.42 Å². The van der Waals surface area contributed by atoms with Gasteiger partial charge in [-0.05, 0) is 36.2 Å². The molecule has 0 saturated carbocycles. The summed E-state index contributed by atoms with van der Waals surface area (Å²) in [4.78, 5) is 2.53. The van der Waals surface area contributed by atoms with Crippen LogP contribution in [0, 0.1) is 0 Å². The van der Waals surface area contributed by atoms with Gasteiger partial charge >= 0.3 is 0 Å². The fourth-order valence-electron chi connectivity index (χ4n) is 3.59. The third kappa shape index (κ3) is 3.90. The highest BCUT2D eigenvalue weighted by Crippen LogP contribution is 2.35. The molecule has 6 nitrogen and oxygen atoms in total. The number of nitrogens with one attached hydrogen (secondary N) is 2. The van der Waals surface area contributed by atoms with Gasteiger partial charge in [0, 0.05) is 36.7 Å². The summed E-state index contributed by atoms with van der Waals surface area (Å²) < 4.78 is 27.8. The van der Waals surface area contributed by atoms with Crippen LogP contribution in [-0.2, 0) is 10.0 Å². The number of nitrogens with two attached hydrogens (primary N) is 1. The van der Waals surface area contributed by atoms with E-state index in [9.17, 15) is 8.42 Å². The van der Waals surface area contributed by atoms with Gasteiger partial charge in [-0.25, -0.2) is 8.42 Å². The van der Waals surface area contributed by atoms with Gasteiger partial charge in [0.2, 0.25) is 0 Å². The van der Waals surface area contributed by atoms with Crippen LogP contribution >= 0.6 is 12.4 Å². The molecule has 4 rings (SSSR count). The minimum atomic E-state index is -3.68. The van der Waals surface area contributed by atoms with E-state index in [0.29, 0.717) is 11.4 Å². The molecule has 0 aliphatic carbocycles. The molecule has 0 bridgehead atoms. The van der Waals surface area contributed by atoms with Crippen LogP contribution in [0.1, 0.15) is 18.0 Å². The molecule has 4 N–H and O–H groups in total. The number of sulfonamides is 1. The highest BCUT2D eigenvalue weighted by Gasteiger charge is 2.30. The average Bonchev–Trinajstić information content (AvgIpc) is 3.11. The van der Waals surface area contributed by atoms with E-state index in [1.165, 1.54) is 11.8 Å². The number of piperazine rings is 1. The summed E-state index contributed by atoms with van der Waals surface area (Å²) in [7, 11) is -3.68. The van der Waals surface area contributed by atoms with Crippen molar-refractivity contribution in [1.82, 2.24) is 10.2 Å². The van der Waals surface area contributed by atoms with Crippen molar-refractivity contribution >= 4 is 33.8 Å². The fraction of sp³-hybridized carbons (Fsp3) is 0.263. The number of anilines is 2. The molecule has 1 unspecified atom stereocenters. The van der Waals surface area contributed by atoms with E-state index in [2.05, 4.69) is 21.0 Å². The lowest BCUT2D eigenvalue weighted by atomic mass is 9.99. The first-order chi connectivity index (χ1) is 12.5. The molecular formula is C19H23ClN4O2S. The van der Waals surface area contributed by atoms with Gasteiger partial charge < -0.3 is 16.0 Å². The Hall–Kier alpha value is -2.22. The predicted octanol–water partition coefficient (Wildman–Crippen LogP) is 2.73. The van der Waals surface area contributed by atoms with Crippen LogP contribution < -0.4 is 15.8 Å². The van der Waals surface area contributed by atoms with Gasteiger partial charge in [0.05, 0.1) is 10.9 Å². The molecule has 1 saturated heterocycles. The largest absolute Gasteiger partial charge is 0.398 e. The minimum Gasteiger partial charge on any atom is -0.398 e. The first kappa shape index (κ1) is 19.5. The molecule has 1 atom stereocenters. The normalized spacial score (nSPS) is 19.0. The number of fused-ring (bicyclic) bond motifs is 1. The zero-order chi connectivity index (χ0) is 18.1. The number of nitrogens with zero attached hydrogens (tertiary/aromatic N) is 1. The Bertz CT molecular complexity index is 947. The summed E-state index contributed by atoms with van der Waals surface area (Å²) in [5, 5.41) is 3.49. The molecule has 0 amide bonds. The molecule has 2 aliphatic rings. The average molecular weight is 407 g/mol. The van der Waals surface area contributed by atoms with Crippen molar-refractivity contribution in [3.8, 4) is 0 Å². The van der Waals surface area contributed by atoms with Crippen molar-refractivity contribution in [1.29, 1.82) is 0 Å². The molecule has 0 spiro atoms. The van der Waals surface area contributed by atoms with Crippen LogP contribution in [0.25, 0.3) is 0 Å². The molecule has 1 fully saturated rings. The van der Waals surface area contributed by atoms with Gasteiger partial charge in [-0.3, -0.25) is 4.72 Å².